The lowest BCUT2D eigenvalue weighted by Gasteiger charge is -2.40. The van der Waals surface area contributed by atoms with Crippen LogP contribution in [0.25, 0.3) is 10.9 Å². The highest BCUT2D eigenvalue weighted by Crippen LogP contribution is 2.51. The van der Waals surface area contributed by atoms with Crippen LogP contribution in [0.3, 0.4) is 0 Å². The highest BCUT2D eigenvalue weighted by Gasteiger charge is 2.63. The summed E-state index contributed by atoms with van der Waals surface area (Å²) in [4.78, 5) is 30.0. The van der Waals surface area contributed by atoms with E-state index in [0.29, 0.717) is 33.9 Å². The zero-order chi connectivity index (χ0) is 27.1. The molecule has 2 N–H and O–H groups in total. The van der Waals surface area contributed by atoms with Crippen molar-refractivity contribution in [3.8, 4) is 23.0 Å². The molecule has 0 aliphatic heterocycles. The minimum Gasteiger partial charge on any atom is -0.614 e. The number of halogens is 1. The van der Waals surface area contributed by atoms with E-state index in [-0.39, 0.29) is 24.2 Å². The smallest absolute Gasteiger partial charge is 0.339 e. The summed E-state index contributed by atoms with van der Waals surface area (Å²) < 4.78 is 28.8. The summed E-state index contributed by atoms with van der Waals surface area (Å²) in [6.45, 7) is 0. The maximum Gasteiger partial charge on any atom is 0.339 e. The highest BCUT2D eigenvalue weighted by molar-refractivity contribution is 6.13. The molecule has 1 saturated carbocycles. The number of carbonyl (C=O) groups excluding carboxylic acids is 2. The van der Waals surface area contributed by atoms with Crippen LogP contribution in [-0.4, -0.2) is 31.0 Å². The van der Waals surface area contributed by atoms with E-state index in [0.717, 1.165) is 12.1 Å². The third-order valence-corrected chi connectivity index (χ3v) is 6.74. The molecule has 1 aliphatic carbocycles. The van der Waals surface area contributed by atoms with Crippen LogP contribution in [0.5, 0.6) is 23.0 Å². The molecule has 1 aromatic heterocycles. The Balaban J connectivity index is 1.52. The van der Waals surface area contributed by atoms with Crippen LogP contribution in [0.4, 0.5) is 15.8 Å². The fraction of sp³-hybridized carbons (Fsp3) is 0.179. The van der Waals surface area contributed by atoms with Crippen molar-refractivity contribution in [3.63, 3.8) is 0 Å². The predicted octanol–water partition coefficient (Wildman–Crippen LogP) is 5.11. The summed E-state index contributed by atoms with van der Waals surface area (Å²) in [5, 5.41) is 14.9. The molecular formula is C28H24FN3O6. The van der Waals surface area contributed by atoms with E-state index in [2.05, 4.69) is 4.98 Å². The molecule has 5 rings (SSSR count). The second kappa shape index (κ2) is 9.40. The number of hydrogen-bond donors (Lipinski definition) is 1. The summed E-state index contributed by atoms with van der Waals surface area (Å²) in [7, 11) is 3.06. The minimum atomic E-state index is -1.60. The molecule has 194 valence electrons. The van der Waals surface area contributed by atoms with Crippen molar-refractivity contribution in [2.45, 2.75) is 12.8 Å². The van der Waals surface area contributed by atoms with E-state index < -0.39 is 27.7 Å². The van der Waals surface area contributed by atoms with Crippen molar-refractivity contribution >= 4 is 34.1 Å². The molecule has 1 atom stereocenters. The molecule has 1 unspecified atom stereocenters. The number of rotatable bonds is 8. The molecule has 10 heteroatoms. The number of hydrogen-bond acceptors (Lipinski definition) is 7. The van der Waals surface area contributed by atoms with E-state index in [1.54, 1.807) is 24.4 Å². The lowest BCUT2D eigenvalue weighted by atomic mass is 10.0. The summed E-state index contributed by atoms with van der Waals surface area (Å²) in [5.74, 6) is -0.439. The van der Waals surface area contributed by atoms with Crippen LogP contribution in [0.2, 0.25) is 0 Å². The molecular weight excluding hydrogens is 493 g/mol. The van der Waals surface area contributed by atoms with Crippen molar-refractivity contribution in [3.05, 3.63) is 84.0 Å². The highest BCUT2D eigenvalue weighted by atomic mass is 19.1. The van der Waals surface area contributed by atoms with Gasteiger partial charge in [0.15, 0.2) is 16.9 Å². The Morgan fingerprint density at radius 3 is 2.05 bits per heavy atom. The predicted molar refractivity (Wildman–Crippen MR) is 138 cm³/mol. The van der Waals surface area contributed by atoms with Crippen LogP contribution in [-0.2, 0) is 9.59 Å². The Bertz CT molecular complexity index is 1540. The van der Waals surface area contributed by atoms with Crippen molar-refractivity contribution in [1.82, 2.24) is 9.63 Å². The van der Waals surface area contributed by atoms with Crippen LogP contribution in [0, 0.1) is 16.4 Å². The Morgan fingerprint density at radius 1 is 0.921 bits per heavy atom. The van der Waals surface area contributed by atoms with Crippen molar-refractivity contribution in [2.75, 3.05) is 14.2 Å². The second-order valence-electron chi connectivity index (χ2n) is 8.97. The number of aromatic nitrogens is 1. The number of ether oxygens (including phenoxy) is 3. The largest absolute Gasteiger partial charge is 0.614 e. The Hall–Kier alpha value is -4.54. The molecule has 38 heavy (non-hydrogen) atoms. The number of primary amides is 1. The molecule has 0 spiro atoms. The van der Waals surface area contributed by atoms with Gasteiger partial charge in [0.25, 0.3) is 0 Å². The first-order valence-electron chi connectivity index (χ1n) is 11.7. The van der Waals surface area contributed by atoms with E-state index >= 15 is 0 Å². The van der Waals surface area contributed by atoms with E-state index in [9.17, 15) is 19.2 Å². The van der Waals surface area contributed by atoms with Gasteiger partial charge in [0.05, 0.1) is 19.7 Å². The SMILES string of the molecule is COc1cc2nccc(Oc3ccc([N+]([O-])(C(=O)C4(C(N)=O)CC4)c4ccc(F)cc4)cc3)c2cc1OC. The van der Waals surface area contributed by atoms with Crippen LogP contribution in [0.1, 0.15) is 12.8 Å². The van der Waals surface area contributed by atoms with Gasteiger partial charge in [-0.15, -0.1) is 0 Å². The number of nitrogens with two attached hydrogens (primary N) is 1. The van der Waals surface area contributed by atoms with Crippen molar-refractivity contribution < 1.29 is 28.2 Å². The van der Waals surface area contributed by atoms with Gasteiger partial charge >= 0.3 is 5.91 Å². The average Bonchev–Trinajstić information content (AvgIpc) is 3.75. The molecule has 1 heterocycles. The Morgan fingerprint density at radius 2 is 1.50 bits per heavy atom. The molecule has 1 aliphatic rings. The summed E-state index contributed by atoms with van der Waals surface area (Å²) in [6.07, 6.45) is 1.97. The van der Waals surface area contributed by atoms with Gasteiger partial charge in [-0.3, -0.25) is 9.78 Å². The fourth-order valence-electron chi connectivity index (χ4n) is 4.41. The summed E-state index contributed by atoms with van der Waals surface area (Å²) in [5.41, 5.74) is 4.54. The molecule has 1 fully saturated rings. The topological polar surface area (TPSA) is 124 Å². The fourth-order valence-corrected chi connectivity index (χ4v) is 4.41. The number of amides is 2. The Kier molecular flexibility index (Phi) is 6.22. The zero-order valence-electron chi connectivity index (χ0n) is 20.6. The maximum absolute atomic E-state index is 14.3. The van der Waals surface area contributed by atoms with E-state index in [1.807, 2.05) is 0 Å². The first-order chi connectivity index (χ1) is 18.2. The van der Waals surface area contributed by atoms with Gasteiger partial charge in [-0.2, -0.15) is 0 Å². The molecule has 0 bridgehead atoms. The Labute approximate surface area is 217 Å². The molecule has 0 saturated heterocycles. The normalized spacial score (nSPS) is 15.4. The summed E-state index contributed by atoms with van der Waals surface area (Å²) in [6, 6.07) is 15.7. The van der Waals surface area contributed by atoms with Crippen LogP contribution >= 0.6 is 0 Å². The first-order valence-corrected chi connectivity index (χ1v) is 11.7. The molecule has 0 radical (unpaired) electrons. The number of fused-ring (bicyclic) bond motifs is 1. The minimum absolute atomic E-state index is 0.0208. The second-order valence-corrected chi connectivity index (χ2v) is 8.97. The van der Waals surface area contributed by atoms with Crippen molar-refractivity contribution in [2.24, 2.45) is 11.1 Å². The van der Waals surface area contributed by atoms with Gasteiger partial charge in [-0.05, 0) is 49.2 Å². The molecule has 4 aromatic rings. The molecule has 9 nitrogen and oxygen atoms in total. The molecule has 3 aromatic carbocycles. The number of benzene rings is 3. The monoisotopic (exact) mass is 517 g/mol. The lowest BCUT2D eigenvalue weighted by molar-refractivity contribution is -0.138. The molecule has 2 amide bonds. The van der Waals surface area contributed by atoms with Crippen LogP contribution in [0.15, 0.2) is 72.9 Å². The summed E-state index contributed by atoms with van der Waals surface area (Å²) >= 11 is 0. The van der Waals surface area contributed by atoms with E-state index in [4.69, 9.17) is 19.9 Å². The van der Waals surface area contributed by atoms with Crippen molar-refractivity contribution in [1.29, 1.82) is 0 Å². The number of pyridine rings is 1. The van der Waals surface area contributed by atoms with Crippen LogP contribution < -0.4 is 24.6 Å². The van der Waals surface area contributed by atoms with Gasteiger partial charge in [0.2, 0.25) is 5.91 Å². The van der Waals surface area contributed by atoms with Gasteiger partial charge in [-0.1, -0.05) is 0 Å². The number of nitrogens with zero attached hydrogens (tertiary/aromatic N) is 2. The number of hydroxylamine groups is 1. The van der Waals surface area contributed by atoms with Gasteiger partial charge in [0.1, 0.15) is 28.7 Å². The first kappa shape index (κ1) is 25.1. The van der Waals surface area contributed by atoms with E-state index in [1.165, 1.54) is 50.6 Å². The third-order valence-electron chi connectivity index (χ3n) is 6.74. The number of methoxy groups -OCH3 is 2. The standard InChI is InChI=1S/C28H24FN3O6/c1-36-24-15-21-22(16-25(24)37-2)31-14-11-23(21)38-20-9-7-19(8-10-20)32(35,18-5-3-17(29)4-6-18)27(34)28(12-13-28)26(30)33/h3-11,14-16H,12-13H2,1-2H3,(H2,30,33). The van der Waals surface area contributed by atoms with Gasteiger partial charge in [-0.25, -0.2) is 13.8 Å². The lowest BCUT2D eigenvalue weighted by Crippen LogP contribution is -2.52. The number of carbonyl (C=O) groups is 2. The maximum atomic E-state index is 14.3. The van der Waals surface area contributed by atoms with Gasteiger partial charge in [0, 0.05) is 41.9 Å². The zero-order valence-corrected chi connectivity index (χ0v) is 20.6. The third kappa shape index (κ3) is 4.09. The average molecular weight is 518 g/mol. The quantitative estimate of drug-likeness (QED) is 0.196. The van der Waals surface area contributed by atoms with Gasteiger partial charge < -0.3 is 25.2 Å². The number of quaternary nitrogens is 1.